The predicted molar refractivity (Wildman–Crippen MR) is 138 cm³/mol. The Kier molecular flexibility index (Phi) is 8.05. The Balaban J connectivity index is 1.78. The van der Waals surface area contributed by atoms with Crippen LogP contribution in [0.1, 0.15) is 53.9 Å². The SMILES string of the molecule is C=CC(=O)OC(C)(C)CC(C)(C)Oc1ccc2cc(-c3ccc(OCCCC)cc3)c(=O)oc2c1. The van der Waals surface area contributed by atoms with Gasteiger partial charge in [0.1, 0.15) is 28.3 Å². The van der Waals surface area contributed by atoms with E-state index < -0.39 is 22.8 Å². The topological polar surface area (TPSA) is 75.0 Å². The number of rotatable bonds is 11. The highest BCUT2D eigenvalue weighted by atomic mass is 16.6. The van der Waals surface area contributed by atoms with Crippen LogP contribution >= 0.6 is 0 Å². The molecule has 1 aromatic heterocycles. The van der Waals surface area contributed by atoms with Gasteiger partial charge in [0.25, 0.3) is 0 Å². The van der Waals surface area contributed by atoms with E-state index in [1.54, 1.807) is 6.07 Å². The third-order valence-electron chi connectivity index (χ3n) is 5.43. The van der Waals surface area contributed by atoms with Gasteiger partial charge in [-0.25, -0.2) is 9.59 Å². The highest BCUT2D eigenvalue weighted by molar-refractivity contribution is 5.83. The van der Waals surface area contributed by atoms with Crippen LogP contribution in [0, 0.1) is 0 Å². The summed E-state index contributed by atoms with van der Waals surface area (Å²) in [6, 6.07) is 14.7. The number of carbonyl (C=O) groups excluding carboxylic acids is 1. The molecule has 0 spiro atoms. The van der Waals surface area contributed by atoms with E-state index in [9.17, 15) is 9.59 Å². The molecule has 3 aromatic rings. The molecule has 35 heavy (non-hydrogen) atoms. The Morgan fingerprint density at radius 1 is 1.00 bits per heavy atom. The molecule has 0 bridgehead atoms. The van der Waals surface area contributed by atoms with E-state index >= 15 is 0 Å². The summed E-state index contributed by atoms with van der Waals surface area (Å²) in [5.74, 6) is 0.852. The first-order valence-electron chi connectivity index (χ1n) is 11.9. The minimum absolute atomic E-state index is 0.425. The highest BCUT2D eigenvalue weighted by Gasteiger charge is 2.33. The number of hydrogen-bond donors (Lipinski definition) is 0. The molecule has 3 rings (SSSR count). The molecule has 0 atom stereocenters. The molecule has 0 amide bonds. The van der Waals surface area contributed by atoms with Crippen molar-refractivity contribution < 1.29 is 23.4 Å². The Hall–Kier alpha value is -3.54. The molecule has 0 fully saturated rings. The van der Waals surface area contributed by atoms with Gasteiger partial charge in [-0.05, 0) is 70.0 Å². The molecule has 0 aliphatic carbocycles. The van der Waals surface area contributed by atoms with Crippen LogP contribution in [-0.2, 0) is 9.53 Å². The van der Waals surface area contributed by atoms with Crippen LogP contribution in [0.25, 0.3) is 22.1 Å². The van der Waals surface area contributed by atoms with E-state index in [4.69, 9.17) is 18.6 Å². The molecule has 0 aliphatic rings. The van der Waals surface area contributed by atoms with E-state index in [1.807, 2.05) is 70.2 Å². The largest absolute Gasteiger partial charge is 0.494 e. The fraction of sp³-hybridized carbons (Fsp3) is 0.379. The average molecular weight is 479 g/mol. The van der Waals surface area contributed by atoms with Crippen molar-refractivity contribution in [2.24, 2.45) is 0 Å². The zero-order valence-corrected chi connectivity index (χ0v) is 21.2. The maximum absolute atomic E-state index is 12.7. The molecule has 0 N–H and O–H groups in total. The number of fused-ring (bicyclic) bond motifs is 1. The number of carbonyl (C=O) groups is 1. The second kappa shape index (κ2) is 10.8. The molecule has 0 saturated carbocycles. The lowest BCUT2D eigenvalue weighted by Gasteiger charge is -2.34. The van der Waals surface area contributed by atoms with Crippen molar-refractivity contribution in [3.63, 3.8) is 0 Å². The van der Waals surface area contributed by atoms with Crippen LogP contribution in [0.4, 0.5) is 0 Å². The number of esters is 1. The minimum Gasteiger partial charge on any atom is -0.494 e. The van der Waals surface area contributed by atoms with E-state index in [1.165, 1.54) is 0 Å². The fourth-order valence-electron chi connectivity index (χ4n) is 4.15. The normalized spacial score (nSPS) is 11.8. The summed E-state index contributed by atoms with van der Waals surface area (Å²) in [4.78, 5) is 24.4. The summed E-state index contributed by atoms with van der Waals surface area (Å²) in [6.07, 6.45) is 3.66. The lowest BCUT2D eigenvalue weighted by atomic mass is 9.92. The van der Waals surface area contributed by atoms with Gasteiger partial charge in [-0.2, -0.15) is 0 Å². The zero-order chi connectivity index (χ0) is 25.6. The maximum atomic E-state index is 12.7. The maximum Gasteiger partial charge on any atom is 0.344 e. The molecule has 0 aliphatic heterocycles. The summed E-state index contributed by atoms with van der Waals surface area (Å²) < 4.78 is 22.9. The quantitative estimate of drug-likeness (QED) is 0.132. The van der Waals surface area contributed by atoms with Crippen molar-refractivity contribution in [1.29, 1.82) is 0 Å². The second-order valence-corrected chi connectivity index (χ2v) is 9.80. The van der Waals surface area contributed by atoms with E-state index in [0.29, 0.717) is 29.9 Å². The van der Waals surface area contributed by atoms with Gasteiger partial charge < -0.3 is 18.6 Å². The third-order valence-corrected chi connectivity index (χ3v) is 5.43. The first kappa shape index (κ1) is 26.1. The van der Waals surface area contributed by atoms with Crippen molar-refractivity contribution in [2.45, 2.75) is 65.1 Å². The average Bonchev–Trinajstić information content (AvgIpc) is 2.78. The Morgan fingerprint density at radius 3 is 2.34 bits per heavy atom. The minimum atomic E-state index is -0.746. The lowest BCUT2D eigenvalue weighted by molar-refractivity contribution is -0.154. The zero-order valence-electron chi connectivity index (χ0n) is 21.2. The molecule has 6 heteroatoms. The smallest absolute Gasteiger partial charge is 0.344 e. The molecule has 186 valence electrons. The Bertz CT molecular complexity index is 1230. The van der Waals surface area contributed by atoms with E-state index in [-0.39, 0.29) is 0 Å². The number of unbranched alkanes of at least 4 members (excludes halogenated alkanes) is 1. The summed E-state index contributed by atoms with van der Waals surface area (Å²) in [7, 11) is 0. The van der Waals surface area contributed by atoms with Gasteiger partial charge in [0.15, 0.2) is 0 Å². The monoisotopic (exact) mass is 478 g/mol. The number of ether oxygens (including phenoxy) is 3. The molecule has 1 heterocycles. The van der Waals surface area contributed by atoms with Crippen LogP contribution in [0.2, 0.25) is 0 Å². The molecular formula is C29H34O6. The molecular weight excluding hydrogens is 444 g/mol. The van der Waals surface area contributed by atoms with Crippen LogP contribution < -0.4 is 15.1 Å². The van der Waals surface area contributed by atoms with Crippen LogP contribution in [0.3, 0.4) is 0 Å². The molecule has 6 nitrogen and oxygen atoms in total. The molecule has 0 unspecified atom stereocenters. The van der Waals surface area contributed by atoms with Gasteiger partial charge in [0, 0.05) is 23.9 Å². The van der Waals surface area contributed by atoms with E-state index in [2.05, 4.69) is 13.5 Å². The van der Waals surface area contributed by atoms with Crippen molar-refractivity contribution in [2.75, 3.05) is 6.61 Å². The van der Waals surface area contributed by atoms with Crippen LogP contribution in [0.5, 0.6) is 11.5 Å². The van der Waals surface area contributed by atoms with Gasteiger partial charge in [-0.1, -0.05) is 32.1 Å². The first-order valence-corrected chi connectivity index (χ1v) is 11.9. The van der Waals surface area contributed by atoms with Gasteiger partial charge in [-0.3, -0.25) is 0 Å². The standard InChI is InChI=1S/C29H34O6/c1-7-9-16-32-22-13-10-20(11-14-22)24-17-21-12-15-23(18-25(21)33-27(24)31)34-28(3,4)19-29(5,6)35-26(30)8-2/h8,10-15,17-18H,2,7,9,16,19H2,1,3-6H3. The van der Waals surface area contributed by atoms with Crippen molar-refractivity contribution >= 4 is 16.9 Å². The predicted octanol–water partition coefficient (Wildman–Crippen LogP) is 6.69. The molecule has 0 saturated heterocycles. The van der Waals surface area contributed by atoms with Gasteiger partial charge >= 0.3 is 11.6 Å². The first-order chi connectivity index (χ1) is 16.5. The summed E-state index contributed by atoms with van der Waals surface area (Å²) in [5.41, 5.74) is -0.141. The Morgan fingerprint density at radius 2 is 1.69 bits per heavy atom. The third kappa shape index (κ3) is 7.22. The fourth-order valence-corrected chi connectivity index (χ4v) is 4.15. The molecule has 0 radical (unpaired) electrons. The van der Waals surface area contributed by atoms with Gasteiger partial charge in [-0.15, -0.1) is 0 Å². The highest BCUT2D eigenvalue weighted by Crippen LogP contribution is 2.31. The van der Waals surface area contributed by atoms with Crippen molar-refractivity contribution in [3.8, 4) is 22.6 Å². The van der Waals surface area contributed by atoms with Crippen molar-refractivity contribution in [3.05, 3.63) is 71.6 Å². The van der Waals surface area contributed by atoms with E-state index in [0.717, 1.165) is 35.6 Å². The lowest BCUT2D eigenvalue weighted by Crippen LogP contribution is -2.40. The van der Waals surface area contributed by atoms with Gasteiger partial charge in [0.05, 0.1) is 12.2 Å². The number of benzene rings is 2. The Labute approximate surface area is 206 Å². The van der Waals surface area contributed by atoms with Crippen LogP contribution in [-0.4, -0.2) is 23.8 Å². The number of hydrogen-bond acceptors (Lipinski definition) is 6. The molecule has 2 aromatic carbocycles. The van der Waals surface area contributed by atoms with Crippen LogP contribution in [0.15, 0.2) is 70.4 Å². The summed E-state index contributed by atoms with van der Waals surface area (Å²) in [6.45, 7) is 13.7. The summed E-state index contributed by atoms with van der Waals surface area (Å²) in [5, 5.41) is 0.785. The van der Waals surface area contributed by atoms with Gasteiger partial charge in [0.2, 0.25) is 0 Å². The van der Waals surface area contributed by atoms with Crippen molar-refractivity contribution in [1.82, 2.24) is 0 Å². The summed E-state index contributed by atoms with van der Waals surface area (Å²) >= 11 is 0. The second-order valence-electron chi connectivity index (χ2n) is 9.80.